The first-order valence-electron chi connectivity index (χ1n) is 8.93. The van der Waals surface area contributed by atoms with Gasteiger partial charge >= 0.3 is 0 Å². The second-order valence-corrected chi connectivity index (χ2v) is 6.87. The largest absolute Gasteiger partial charge is 0.467 e. The van der Waals surface area contributed by atoms with E-state index in [1.807, 2.05) is 12.1 Å². The van der Waals surface area contributed by atoms with Crippen LogP contribution in [0, 0.1) is 6.92 Å². The molecule has 0 spiro atoms. The van der Waals surface area contributed by atoms with Gasteiger partial charge in [-0.05, 0) is 50.6 Å². The number of furan rings is 1. The van der Waals surface area contributed by atoms with E-state index in [4.69, 9.17) is 4.42 Å². The molecule has 25 heavy (non-hydrogen) atoms. The van der Waals surface area contributed by atoms with Crippen molar-refractivity contribution in [2.45, 2.75) is 32.2 Å². The molecule has 2 aliphatic rings. The van der Waals surface area contributed by atoms with Crippen molar-refractivity contribution in [2.24, 2.45) is 5.10 Å². The van der Waals surface area contributed by atoms with Crippen molar-refractivity contribution in [1.82, 2.24) is 9.91 Å². The van der Waals surface area contributed by atoms with Gasteiger partial charge in [-0.2, -0.15) is 5.10 Å². The predicted molar refractivity (Wildman–Crippen MR) is 96.3 cm³/mol. The summed E-state index contributed by atoms with van der Waals surface area (Å²) < 4.78 is 5.59. The average Bonchev–Trinajstić information content (AvgIpc) is 3.36. The number of amides is 1. The molecule has 0 saturated carbocycles. The summed E-state index contributed by atoms with van der Waals surface area (Å²) in [6.45, 7) is 4.50. The fourth-order valence-electron chi connectivity index (χ4n) is 3.57. The van der Waals surface area contributed by atoms with Gasteiger partial charge in [0.05, 0.1) is 18.5 Å². The molecule has 0 aliphatic carbocycles. The maximum absolute atomic E-state index is 12.9. The van der Waals surface area contributed by atoms with Crippen LogP contribution in [-0.2, 0) is 4.79 Å². The third-order valence-corrected chi connectivity index (χ3v) is 4.98. The first-order valence-corrected chi connectivity index (χ1v) is 8.93. The minimum Gasteiger partial charge on any atom is -0.467 e. The Kier molecular flexibility index (Phi) is 4.40. The molecule has 0 unspecified atom stereocenters. The molecule has 0 N–H and O–H groups in total. The Morgan fingerprint density at radius 2 is 1.96 bits per heavy atom. The van der Waals surface area contributed by atoms with Crippen LogP contribution in [0.4, 0.5) is 0 Å². The van der Waals surface area contributed by atoms with Gasteiger partial charge in [0.25, 0.3) is 5.91 Å². The highest BCUT2D eigenvalue weighted by Gasteiger charge is 2.35. The number of hydrazone groups is 1. The summed E-state index contributed by atoms with van der Waals surface area (Å²) in [5.41, 5.74) is 3.22. The number of aryl methyl sites for hydroxylation is 1. The lowest BCUT2D eigenvalue weighted by atomic mass is 10.0. The van der Waals surface area contributed by atoms with E-state index in [1.54, 1.807) is 11.3 Å². The Balaban J connectivity index is 1.59. The maximum atomic E-state index is 12.9. The molecule has 1 fully saturated rings. The third kappa shape index (κ3) is 3.37. The molecule has 130 valence electrons. The topological polar surface area (TPSA) is 49.1 Å². The van der Waals surface area contributed by atoms with Gasteiger partial charge in [0, 0.05) is 6.42 Å². The van der Waals surface area contributed by atoms with Gasteiger partial charge in [0.1, 0.15) is 11.8 Å². The second kappa shape index (κ2) is 6.84. The summed E-state index contributed by atoms with van der Waals surface area (Å²) in [6, 6.07) is 11.9. The number of hydrogen-bond acceptors (Lipinski definition) is 4. The number of carbonyl (C=O) groups excluding carboxylic acids is 1. The lowest BCUT2D eigenvalue weighted by Crippen LogP contribution is -2.36. The molecule has 0 bridgehead atoms. The van der Waals surface area contributed by atoms with Crippen molar-refractivity contribution in [3.63, 3.8) is 0 Å². The van der Waals surface area contributed by atoms with E-state index in [0.717, 1.165) is 30.1 Å². The SMILES string of the molecule is Cc1ccc(C2=NN(C(=O)CN3CCCC3)[C@@H](c3ccco3)C2)cc1. The number of hydrogen-bond donors (Lipinski definition) is 0. The molecular weight excluding hydrogens is 314 g/mol. The van der Waals surface area contributed by atoms with Crippen LogP contribution in [0.3, 0.4) is 0 Å². The lowest BCUT2D eigenvalue weighted by molar-refractivity contribution is -0.134. The number of benzene rings is 1. The van der Waals surface area contributed by atoms with Crippen molar-refractivity contribution in [2.75, 3.05) is 19.6 Å². The van der Waals surface area contributed by atoms with Crippen LogP contribution >= 0.6 is 0 Å². The van der Waals surface area contributed by atoms with E-state index in [-0.39, 0.29) is 11.9 Å². The molecule has 1 atom stereocenters. The fraction of sp³-hybridized carbons (Fsp3) is 0.400. The van der Waals surface area contributed by atoms with Gasteiger partial charge < -0.3 is 4.42 Å². The first kappa shape index (κ1) is 16.1. The van der Waals surface area contributed by atoms with Crippen molar-refractivity contribution in [1.29, 1.82) is 0 Å². The zero-order chi connectivity index (χ0) is 17.2. The molecule has 4 rings (SSSR count). The Morgan fingerprint density at radius 1 is 1.20 bits per heavy atom. The summed E-state index contributed by atoms with van der Waals surface area (Å²) in [4.78, 5) is 15.1. The highest BCUT2D eigenvalue weighted by Crippen LogP contribution is 2.33. The number of carbonyl (C=O) groups is 1. The molecule has 5 nitrogen and oxygen atoms in total. The van der Waals surface area contributed by atoms with Crippen LogP contribution in [0.1, 0.15) is 42.2 Å². The lowest BCUT2D eigenvalue weighted by Gasteiger charge is -2.22. The summed E-state index contributed by atoms with van der Waals surface area (Å²) in [5, 5.41) is 6.31. The van der Waals surface area contributed by atoms with Gasteiger partial charge in [0.2, 0.25) is 0 Å². The highest BCUT2D eigenvalue weighted by atomic mass is 16.3. The molecule has 2 aliphatic heterocycles. The smallest absolute Gasteiger partial charge is 0.257 e. The maximum Gasteiger partial charge on any atom is 0.257 e. The average molecular weight is 337 g/mol. The van der Waals surface area contributed by atoms with E-state index in [2.05, 4.69) is 41.2 Å². The Labute approximate surface area is 147 Å². The molecular formula is C20H23N3O2. The van der Waals surface area contributed by atoms with Crippen molar-refractivity contribution in [3.8, 4) is 0 Å². The quantitative estimate of drug-likeness (QED) is 0.859. The molecule has 5 heteroatoms. The Hall–Kier alpha value is -2.40. The van der Waals surface area contributed by atoms with Crippen molar-refractivity contribution in [3.05, 3.63) is 59.5 Å². The zero-order valence-electron chi connectivity index (χ0n) is 14.5. The molecule has 3 heterocycles. The van der Waals surface area contributed by atoms with Crippen LogP contribution in [0.2, 0.25) is 0 Å². The molecule has 1 saturated heterocycles. The minimum absolute atomic E-state index is 0.0467. The predicted octanol–water partition coefficient (Wildman–Crippen LogP) is 3.36. The summed E-state index contributed by atoms with van der Waals surface area (Å²) in [6.07, 6.45) is 4.68. The molecule has 2 aromatic rings. The van der Waals surface area contributed by atoms with Crippen LogP contribution in [0.25, 0.3) is 0 Å². The third-order valence-electron chi connectivity index (χ3n) is 4.98. The van der Waals surface area contributed by atoms with Crippen LogP contribution in [0.15, 0.2) is 52.2 Å². The highest BCUT2D eigenvalue weighted by molar-refractivity contribution is 6.03. The number of rotatable bonds is 4. The monoisotopic (exact) mass is 337 g/mol. The van der Waals surface area contributed by atoms with Crippen molar-refractivity contribution >= 4 is 11.6 Å². The van der Waals surface area contributed by atoms with E-state index >= 15 is 0 Å². The zero-order valence-corrected chi connectivity index (χ0v) is 14.5. The van der Waals surface area contributed by atoms with Gasteiger partial charge in [-0.15, -0.1) is 0 Å². The van der Waals surface area contributed by atoms with E-state index in [0.29, 0.717) is 13.0 Å². The van der Waals surface area contributed by atoms with Gasteiger partial charge in [-0.1, -0.05) is 29.8 Å². The Morgan fingerprint density at radius 3 is 2.64 bits per heavy atom. The second-order valence-electron chi connectivity index (χ2n) is 6.87. The molecule has 1 aromatic carbocycles. The number of likely N-dealkylation sites (tertiary alicyclic amines) is 1. The van der Waals surface area contributed by atoms with Crippen LogP contribution in [0.5, 0.6) is 0 Å². The van der Waals surface area contributed by atoms with Gasteiger partial charge in [-0.25, -0.2) is 5.01 Å². The fourth-order valence-corrected chi connectivity index (χ4v) is 3.57. The van der Waals surface area contributed by atoms with E-state index in [1.165, 1.54) is 18.4 Å². The minimum atomic E-state index is -0.151. The standard InChI is InChI=1S/C20H23N3O2/c1-15-6-8-16(9-7-15)17-13-18(19-5-4-12-25-19)23(21-17)20(24)14-22-10-2-3-11-22/h4-9,12,18H,2-3,10-11,13-14H2,1H3/t18-/m1/s1. The summed E-state index contributed by atoms with van der Waals surface area (Å²) in [7, 11) is 0. The Bertz CT molecular complexity index is 759. The van der Waals surface area contributed by atoms with E-state index in [9.17, 15) is 4.79 Å². The van der Waals surface area contributed by atoms with Gasteiger partial charge in [0.15, 0.2) is 0 Å². The number of nitrogens with zero attached hydrogens (tertiary/aromatic N) is 3. The molecule has 1 aromatic heterocycles. The van der Waals surface area contributed by atoms with Crippen molar-refractivity contribution < 1.29 is 9.21 Å². The molecule has 1 amide bonds. The van der Waals surface area contributed by atoms with Crippen LogP contribution < -0.4 is 0 Å². The van der Waals surface area contributed by atoms with Crippen LogP contribution in [-0.4, -0.2) is 41.2 Å². The normalized spacial score (nSPS) is 20.9. The van der Waals surface area contributed by atoms with E-state index < -0.39 is 0 Å². The van der Waals surface area contributed by atoms with Gasteiger partial charge in [-0.3, -0.25) is 9.69 Å². The molecule has 0 radical (unpaired) electrons. The summed E-state index contributed by atoms with van der Waals surface area (Å²) >= 11 is 0. The first-order chi connectivity index (χ1) is 12.2. The summed E-state index contributed by atoms with van der Waals surface area (Å²) in [5.74, 6) is 0.839.